The van der Waals surface area contributed by atoms with Crippen molar-refractivity contribution in [1.82, 2.24) is 21.0 Å². The minimum Gasteiger partial charge on any atom is -0.378 e. The van der Waals surface area contributed by atoms with Gasteiger partial charge in [-0.25, -0.2) is 4.39 Å². The molecule has 2 heterocycles. The van der Waals surface area contributed by atoms with Gasteiger partial charge in [0.2, 0.25) is 5.82 Å². The number of hydrogen-bond acceptors (Lipinski definition) is 8. The minimum atomic E-state index is -0.704. The molecule has 2 saturated heterocycles. The molecule has 0 amide bonds. The molecule has 4 rings (SSSR count). The molecule has 1 unspecified atom stereocenters. The van der Waals surface area contributed by atoms with Gasteiger partial charge in [-0.05, 0) is 106 Å². The average Bonchev–Trinajstić information content (AvgIpc) is 3.20. The summed E-state index contributed by atoms with van der Waals surface area (Å²) in [5.74, 6) is -0.499. The number of amidine groups is 1. The summed E-state index contributed by atoms with van der Waals surface area (Å²) in [6, 6.07) is 8.17. The fourth-order valence-electron chi connectivity index (χ4n) is 6.46. The summed E-state index contributed by atoms with van der Waals surface area (Å²) in [7, 11) is 3.59. The van der Waals surface area contributed by atoms with Crippen LogP contribution in [0, 0.1) is 39.7 Å². The van der Waals surface area contributed by atoms with Crippen LogP contribution in [0.3, 0.4) is 0 Å². The zero-order valence-corrected chi connectivity index (χ0v) is 37.3. The number of rotatable bonds is 15. The summed E-state index contributed by atoms with van der Waals surface area (Å²) in [5.41, 5.74) is 6.48. The molecule has 2 aromatic rings. The number of allylic oxidation sites excluding steroid dienone is 4. The molecule has 14 heteroatoms. The molecule has 0 bridgehead atoms. The van der Waals surface area contributed by atoms with Crippen molar-refractivity contribution in [3.63, 3.8) is 0 Å². The highest BCUT2D eigenvalue weighted by Gasteiger charge is 2.29. The van der Waals surface area contributed by atoms with Gasteiger partial charge in [-0.3, -0.25) is 15.0 Å². The Balaban J connectivity index is 0.00000103. The fourth-order valence-corrected chi connectivity index (χ4v) is 6.46. The zero-order chi connectivity index (χ0) is 43.7. The number of nitrogens with zero attached hydrogens (tertiary/aromatic N) is 6. The van der Waals surface area contributed by atoms with E-state index in [9.17, 15) is 9.81 Å². The zero-order valence-electron chi connectivity index (χ0n) is 37.3. The van der Waals surface area contributed by atoms with E-state index in [1.165, 1.54) is 17.1 Å². The van der Waals surface area contributed by atoms with Crippen LogP contribution in [0.25, 0.3) is 5.70 Å². The lowest BCUT2D eigenvalue weighted by Gasteiger charge is -2.24. The third kappa shape index (κ3) is 14.8. The standard InChI is InChI=1S/C41H60F2N7O.C4H9N3O/c1-12-14-16-31(19-24-45-30(6)47-32-20-22-44-23-21-32)37(27(3)13-2)39(46-29(5)41(7,8)9)34-17-15-18-36(38(34)43)48-50(51)40-28(4)25-33(49(10)11)26-35(40)42;8-6-7-3-1-5-2-4-7/h15-19,24-27,32,44H,12-14,20-23H2,1-11H3,(H,45,47)(H,48,51);5H,1-4H2/q+1;/b24-19-,31-16-,39-37+,46-29?;. The summed E-state index contributed by atoms with van der Waals surface area (Å²) in [6.45, 7) is 23.4. The molecule has 2 aromatic carbocycles. The van der Waals surface area contributed by atoms with E-state index in [1.807, 2.05) is 26.1 Å². The molecule has 59 heavy (non-hydrogen) atoms. The fraction of sp³-hybridized carbons (Fsp3) is 0.556. The second-order valence-corrected chi connectivity index (χ2v) is 16.5. The van der Waals surface area contributed by atoms with E-state index < -0.39 is 11.6 Å². The maximum Gasteiger partial charge on any atom is 0.330 e. The number of nitroso groups, excluding NO2 is 2. The molecule has 0 aliphatic carbocycles. The van der Waals surface area contributed by atoms with Gasteiger partial charge in [0.1, 0.15) is 5.69 Å². The lowest BCUT2D eigenvalue weighted by atomic mass is 9.86. The van der Waals surface area contributed by atoms with Gasteiger partial charge in [0, 0.05) is 62.0 Å². The van der Waals surface area contributed by atoms with E-state index in [4.69, 9.17) is 9.98 Å². The first kappa shape index (κ1) is 48.5. The number of aryl methyl sites for hydroxylation is 1. The maximum absolute atomic E-state index is 16.8. The molecule has 0 aromatic heterocycles. The number of anilines is 2. The van der Waals surface area contributed by atoms with Crippen molar-refractivity contribution in [3.8, 4) is 0 Å². The van der Waals surface area contributed by atoms with Crippen molar-refractivity contribution >= 4 is 34.3 Å². The van der Waals surface area contributed by atoms with Crippen molar-refractivity contribution < 1.29 is 13.6 Å². The number of hydrogen-bond donors (Lipinski definition) is 4. The Hall–Kier alpha value is -4.82. The van der Waals surface area contributed by atoms with E-state index >= 15 is 8.78 Å². The van der Waals surface area contributed by atoms with Gasteiger partial charge in [-0.2, -0.15) is 4.39 Å². The minimum absolute atomic E-state index is 0.00718. The highest BCUT2D eigenvalue weighted by molar-refractivity contribution is 5.93. The Morgan fingerprint density at radius 1 is 1.07 bits per heavy atom. The smallest absolute Gasteiger partial charge is 0.330 e. The lowest BCUT2D eigenvalue weighted by Crippen LogP contribution is -2.40. The van der Waals surface area contributed by atoms with Gasteiger partial charge in [0.05, 0.1) is 40.9 Å². The molecule has 12 nitrogen and oxygen atoms in total. The van der Waals surface area contributed by atoms with Gasteiger partial charge in [-0.15, -0.1) is 10.3 Å². The molecule has 2 aliphatic heterocycles. The van der Waals surface area contributed by atoms with Crippen LogP contribution in [0.15, 0.2) is 75.1 Å². The number of piperazine rings is 1. The molecule has 2 fully saturated rings. The molecule has 324 valence electrons. The number of piperidine rings is 1. The van der Waals surface area contributed by atoms with Crippen LogP contribution >= 0.6 is 0 Å². The second-order valence-electron chi connectivity index (χ2n) is 16.5. The summed E-state index contributed by atoms with van der Waals surface area (Å²) >= 11 is 0. The first-order chi connectivity index (χ1) is 28.0. The Labute approximate surface area is 351 Å². The SMILES string of the molecule is CCC/C=C(/C=C\NC(C)=NC1CCNCC1)C(=C(\N=C(C)C(C)(C)C)c1cccc(N[N+](=O)c2c(C)cc(N(C)C)cc2F)c1F)\C(C)CC.O=NN1CCNCC1. The summed E-state index contributed by atoms with van der Waals surface area (Å²) in [5, 5.41) is 14.2. The molecule has 2 aliphatic rings. The molecule has 0 radical (unpaired) electrons. The van der Waals surface area contributed by atoms with Crippen molar-refractivity contribution in [3.05, 3.63) is 92.4 Å². The number of halogens is 2. The summed E-state index contributed by atoms with van der Waals surface area (Å²) in [4.78, 5) is 35.3. The average molecular weight is 820 g/mol. The quantitative estimate of drug-likeness (QED) is 0.0350. The van der Waals surface area contributed by atoms with E-state index in [0.29, 0.717) is 27.9 Å². The van der Waals surface area contributed by atoms with E-state index in [2.05, 4.69) is 74.3 Å². The molecule has 1 atom stereocenters. The Kier molecular flexibility index (Phi) is 19.5. The number of nitrogens with one attached hydrogen (secondary N) is 4. The van der Waals surface area contributed by atoms with E-state index in [1.54, 1.807) is 44.1 Å². The van der Waals surface area contributed by atoms with Gasteiger partial charge in [0.15, 0.2) is 10.7 Å². The normalized spacial score (nSPS) is 16.9. The Bertz CT molecular complexity index is 1840. The third-order valence-electron chi connectivity index (χ3n) is 10.6. The molecular formula is C45H69F2N10O2+. The number of hydrazine groups is 1. The number of benzene rings is 2. The highest BCUT2D eigenvalue weighted by atomic mass is 19.1. The van der Waals surface area contributed by atoms with Crippen LogP contribution in [0.2, 0.25) is 0 Å². The van der Waals surface area contributed by atoms with Crippen molar-refractivity contribution in [2.75, 3.05) is 63.7 Å². The van der Waals surface area contributed by atoms with Crippen LogP contribution in [0.5, 0.6) is 0 Å². The number of unbranched alkanes of at least 4 members (excludes halogenated alkanes) is 1. The molecule has 0 spiro atoms. The summed E-state index contributed by atoms with van der Waals surface area (Å²) < 4.78 is 32.1. The first-order valence-electron chi connectivity index (χ1n) is 21.0. The van der Waals surface area contributed by atoms with Crippen LogP contribution in [-0.4, -0.2) is 80.8 Å². The molecular weight excluding hydrogens is 751 g/mol. The van der Waals surface area contributed by atoms with Crippen molar-refractivity contribution in [2.24, 2.45) is 26.6 Å². The predicted molar refractivity (Wildman–Crippen MR) is 242 cm³/mol. The van der Waals surface area contributed by atoms with Gasteiger partial charge >= 0.3 is 5.69 Å². The van der Waals surface area contributed by atoms with Crippen molar-refractivity contribution in [2.45, 2.75) is 100 Å². The van der Waals surface area contributed by atoms with Crippen LogP contribution in [0.4, 0.5) is 25.8 Å². The highest BCUT2D eigenvalue weighted by Crippen LogP contribution is 2.38. The monoisotopic (exact) mass is 820 g/mol. The van der Waals surface area contributed by atoms with Crippen LogP contribution in [0.1, 0.15) is 98.6 Å². The Morgan fingerprint density at radius 3 is 2.29 bits per heavy atom. The Morgan fingerprint density at radius 2 is 1.73 bits per heavy atom. The van der Waals surface area contributed by atoms with Gasteiger partial charge in [-0.1, -0.05) is 60.1 Å². The van der Waals surface area contributed by atoms with Crippen LogP contribution in [-0.2, 0) is 0 Å². The lowest BCUT2D eigenvalue weighted by molar-refractivity contribution is -0.431. The largest absolute Gasteiger partial charge is 0.378 e. The third-order valence-corrected chi connectivity index (χ3v) is 10.6. The van der Waals surface area contributed by atoms with Gasteiger partial charge < -0.3 is 20.9 Å². The van der Waals surface area contributed by atoms with Gasteiger partial charge in [0.25, 0.3) is 0 Å². The maximum atomic E-state index is 16.8. The topological polar surface area (TPSA) is 129 Å². The predicted octanol–water partition coefficient (Wildman–Crippen LogP) is 9.61. The van der Waals surface area contributed by atoms with E-state index in [-0.39, 0.29) is 28.3 Å². The summed E-state index contributed by atoms with van der Waals surface area (Å²) in [6.07, 6.45) is 10.7. The van der Waals surface area contributed by atoms with Crippen molar-refractivity contribution in [1.29, 1.82) is 0 Å². The van der Waals surface area contributed by atoms with Crippen LogP contribution < -0.4 is 26.3 Å². The molecule has 4 N–H and O–H groups in total. The second kappa shape index (κ2) is 23.7. The van der Waals surface area contributed by atoms with E-state index in [0.717, 1.165) is 94.1 Å². The first-order valence-corrected chi connectivity index (χ1v) is 21.0. The molecule has 0 saturated carbocycles. The number of aliphatic imine (C=N–C) groups is 2.